The molecule has 13 heavy (non-hydrogen) atoms. The van der Waals surface area contributed by atoms with E-state index in [9.17, 15) is 0 Å². The van der Waals surface area contributed by atoms with E-state index in [1.165, 1.54) is 0 Å². The molecule has 0 saturated heterocycles. The largest absolute Gasteiger partial charge is 0.312 e. The highest BCUT2D eigenvalue weighted by molar-refractivity contribution is 5.05. The molecule has 0 spiro atoms. The van der Waals surface area contributed by atoms with Crippen molar-refractivity contribution in [2.24, 2.45) is 0 Å². The highest BCUT2D eigenvalue weighted by Gasteiger charge is 2.22. The van der Waals surface area contributed by atoms with Crippen molar-refractivity contribution in [2.75, 3.05) is 6.54 Å². The molecule has 0 amide bonds. The van der Waals surface area contributed by atoms with Crippen LogP contribution in [0.25, 0.3) is 0 Å². The summed E-state index contributed by atoms with van der Waals surface area (Å²) >= 11 is 0. The van der Waals surface area contributed by atoms with Gasteiger partial charge < -0.3 is 9.88 Å². The van der Waals surface area contributed by atoms with E-state index in [4.69, 9.17) is 0 Å². The highest BCUT2D eigenvalue weighted by Crippen LogP contribution is 2.19. The van der Waals surface area contributed by atoms with Gasteiger partial charge in [0.2, 0.25) is 0 Å². The molecule has 1 aliphatic rings. The van der Waals surface area contributed by atoms with Crippen molar-refractivity contribution in [3.63, 3.8) is 0 Å². The minimum atomic E-state index is 0.341. The molecule has 4 nitrogen and oxygen atoms in total. The van der Waals surface area contributed by atoms with E-state index in [-0.39, 0.29) is 0 Å². The second-order valence-electron chi connectivity index (χ2n) is 3.90. The summed E-state index contributed by atoms with van der Waals surface area (Å²) in [6.45, 7) is 8.46. The van der Waals surface area contributed by atoms with Gasteiger partial charge in [-0.1, -0.05) is 13.8 Å². The molecular weight excluding hydrogens is 164 g/mol. The molecule has 1 aromatic heterocycles. The van der Waals surface area contributed by atoms with Crippen molar-refractivity contribution in [2.45, 2.75) is 39.3 Å². The molecule has 2 heterocycles. The van der Waals surface area contributed by atoms with Gasteiger partial charge in [-0.2, -0.15) is 0 Å². The van der Waals surface area contributed by atoms with Crippen molar-refractivity contribution in [3.8, 4) is 0 Å². The van der Waals surface area contributed by atoms with Gasteiger partial charge >= 0.3 is 0 Å². The summed E-state index contributed by atoms with van der Waals surface area (Å²) in [5.41, 5.74) is 0. The second-order valence-corrected chi connectivity index (χ2v) is 3.90. The number of aromatic nitrogens is 3. The Morgan fingerprint density at radius 1 is 1.46 bits per heavy atom. The number of hydrogen-bond acceptors (Lipinski definition) is 3. The Labute approximate surface area is 78.4 Å². The molecule has 0 aliphatic carbocycles. The van der Waals surface area contributed by atoms with E-state index in [1.54, 1.807) is 0 Å². The van der Waals surface area contributed by atoms with Crippen LogP contribution in [0.4, 0.5) is 0 Å². The lowest BCUT2D eigenvalue weighted by molar-refractivity contribution is 0.426. The summed E-state index contributed by atoms with van der Waals surface area (Å²) in [6, 6.07) is 0.341. The van der Waals surface area contributed by atoms with Crippen molar-refractivity contribution in [3.05, 3.63) is 11.6 Å². The molecule has 4 heteroatoms. The lowest BCUT2D eigenvalue weighted by Gasteiger charge is -2.22. The monoisotopic (exact) mass is 180 g/mol. The molecule has 1 aliphatic heterocycles. The van der Waals surface area contributed by atoms with E-state index < -0.39 is 0 Å². The van der Waals surface area contributed by atoms with E-state index in [1.807, 2.05) is 0 Å². The van der Waals surface area contributed by atoms with E-state index in [0.717, 1.165) is 24.7 Å². The van der Waals surface area contributed by atoms with Crippen molar-refractivity contribution in [1.29, 1.82) is 0 Å². The zero-order valence-corrected chi connectivity index (χ0v) is 8.41. The first-order chi connectivity index (χ1) is 6.20. The first-order valence-electron chi connectivity index (χ1n) is 4.86. The van der Waals surface area contributed by atoms with Gasteiger partial charge in [0.1, 0.15) is 11.6 Å². The number of hydrogen-bond donors (Lipinski definition) is 1. The zero-order chi connectivity index (χ0) is 9.42. The van der Waals surface area contributed by atoms with Crippen LogP contribution in [0.5, 0.6) is 0 Å². The third-order valence-electron chi connectivity index (χ3n) is 2.50. The van der Waals surface area contributed by atoms with Gasteiger partial charge in [-0.3, -0.25) is 0 Å². The summed E-state index contributed by atoms with van der Waals surface area (Å²) in [7, 11) is 0. The second kappa shape index (κ2) is 3.10. The average Bonchev–Trinajstić information content (AvgIpc) is 2.48. The van der Waals surface area contributed by atoms with Gasteiger partial charge in [0.05, 0.1) is 6.04 Å². The predicted molar refractivity (Wildman–Crippen MR) is 50.5 cm³/mol. The SMILES string of the molecule is CC(C)c1nnc2n1CCN[C@@H]2C. The zero-order valence-electron chi connectivity index (χ0n) is 8.41. The Bertz CT molecular complexity index is 289. The molecule has 0 bridgehead atoms. The molecule has 72 valence electrons. The van der Waals surface area contributed by atoms with Crippen LogP contribution in [-0.2, 0) is 6.54 Å². The average molecular weight is 180 g/mol. The normalized spacial score (nSPS) is 22.0. The van der Waals surface area contributed by atoms with Crippen LogP contribution >= 0.6 is 0 Å². The lowest BCUT2D eigenvalue weighted by Crippen LogP contribution is -2.32. The molecule has 0 aromatic carbocycles. The maximum atomic E-state index is 4.22. The quantitative estimate of drug-likeness (QED) is 0.703. The molecular formula is C9H16N4. The van der Waals surface area contributed by atoms with E-state index >= 15 is 0 Å². The Hall–Kier alpha value is -0.900. The highest BCUT2D eigenvalue weighted by atomic mass is 15.3. The molecule has 0 unspecified atom stereocenters. The molecule has 2 rings (SSSR count). The van der Waals surface area contributed by atoms with Crippen LogP contribution in [0.2, 0.25) is 0 Å². The van der Waals surface area contributed by atoms with Gasteiger partial charge in [0.25, 0.3) is 0 Å². The van der Waals surface area contributed by atoms with E-state index in [0.29, 0.717) is 12.0 Å². The minimum absolute atomic E-state index is 0.341. The number of rotatable bonds is 1. The summed E-state index contributed by atoms with van der Waals surface area (Å²) in [6.07, 6.45) is 0. The van der Waals surface area contributed by atoms with Crippen LogP contribution in [0.1, 0.15) is 44.4 Å². The van der Waals surface area contributed by atoms with Crippen molar-refractivity contribution < 1.29 is 0 Å². The Morgan fingerprint density at radius 2 is 2.23 bits per heavy atom. The van der Waals surface area contributed by atoms with Gasteiger partial charge in [0, 0.05) is 19.0 Å². The fourth-order valence-corrected chi connectivity index (χ4v) is 1.79. The third-order valence-corrected chi connectivity index (χ3v) is 2.50. The van der Waals surface area contributed by atoms with Gasteiger partial charge in [-0.25, -0.2) is 0 Å². The minimum Gasteiger partial charge on any atom is -0.312 e. The number of nitrogens with zero attached hydrogens (tertiary/aromatic N) is 3. The van der Waals surface area contributed by atoms with E-state index in [2.05, 4.69) is 40.9 Å². The topological polar surface area (TPSA) is 42.7 Å². The molecule has 1 N–H and O–H groups in total. The van der Waals surface area contributed by atoms with Crippen molar-refractivity contribution in [1.82, 2.24) is 20.1 Å². The summed E-state index contributed by atoms with van der Waals surface area (Å²) in [5.74, 6) is 2.66. The summed E-state index contributed by atoms with van der Waals surface area (Å²) < 4.78 is 2.24. The Kier molecular flexibility index (Phi) is 2.07. The maximum Gasteiger partial charge on any atom is 0.149 e. The molecule has 1 aromatic rings. The van der Waals surface area contributed by atoms with Gasteiger partial charge in [0.15, 0.2) is 0 Å². The maximum absolute atomic E-state index is 4.22. The number of fused-ring (bicyclic) bond motifs is 1. The van der Waals surface area contributed by atoms with Crippen LogP contribution < -0.4 is 5.32 Å². The van der Waals surface area contributed by atoms with Crippen LogP contribution in [0.3, 0.4) is 0 Å². The fraction of sp³-hybridized carbons (Fsp3) is 0.778. The molecule has 0 radical (unpaired) electrons. The molecule has 0 fully saturated rings. The smallest absolute Gasteiger partial charge is 0.149 e. The van der Waals surface area contributed by atoms with Gasteiger partial charge in [-0.15, -0.1) is 10.2 Å². The summed E-state index contributed by atoms with van der Waals surface area (Å²) in [5, 5.41) is 11.8. The fourth-order valence-electron chi connectivity index (χ4n) is 1.79. The molecule has 0 saturated carbocycles. The first-order valence-corrected chi connectivity index (χ1v) is 4.86. The third kappa shape index (κ3) is 1.35. The lowest BCUT2D eigenvalue weighted by atomic mass is 10.2. The molecule has 1 atom stereocenters. The van der Waals surface area contributed by atoms with Crippen LogP contribution in [0.15, 0.2) is 0 Å². The van der Waals surface area contributed by atoms with Crippen LogP contribution in [0, 0.1) is 0 Å². The predicted octanol–water partition coefficient (Wildman–Crippen LogP) is 1.07. The number of nitrogens with one attached hydrogen (secondary N) is 1. The van der Waals surface area contributed by atoms with Gasteiger partial charge in [-0.05, 0) is 6.92 Å². The van der Waals surface area contributed by atoms with Crippen LogP contribution in [-0.4, -0.2) is 21.3 Å². The summed E-state index contributed by atoms with van der Waals surface area (Å²) in [4.78, 5) is 0. The Balaban J connectivity index is 2.41. The standard InChI is InChI=1S/C9H16N4/c1-6(2)8-11-12-9-7(3)10-4-5-13(8)9/h6-7,10H,4-5H2,1-3H3/t7-/m1/s1. The first kappa shape index (κ1) is 8.69. The Morgan fingerprint density at radius 3 is 2.92 bits per heavy atom. The van der Waals surface area contributed by atoms with Crippen molar-refractivity contribution >= 4 is 0 Å².